The zero-order chi connectivity index (χ0) is 24.9. The van der Waals surface area contributed by atoms with Crippen molar-refractivity contribution in [3.63, 3.8) is 0 Å². The Morgan fingerprint density at radius 2 is 1.89 bits per heavy atom. The van der Waals surface area contributed by atoms with E-state index in [-0.39, 0.29) is 16.9 Å². The minimum atomic E-state index is -3.86. The fourth-order valence-corrected chi connectivity index (χ4v) is 5.73. The second-order valence-electron chi connectivity index (χ2n) is 8.95. The first-order valence-corrected chi connectivity index (χ1v) is 13.2. The van der Waals surface area contributed by atoms with Crippen LogP contribution in [0.25, 0.3) is 0 Å². The van der Waals surface area contributed by atoms with E-state index in [1.165, 1.54) is 43.3 Å². The number of hydrogen-bond donors (Lipinski definition) is 3. The summed E-state index contributed by atoms with van der Waals surface area (Å²) in [4.78, 5) is 19.4. The maximum Gasteiger partial charge on any atom is 0.322 e. The van der Waals surface area contributed by atoms with Crippen molar-refractivity contribution < 1.29 is 18.3 Å². The lowest BCUT2D eigenvalue weighted by atomic mass is 9.63. The molecule has 0 bridgehead atoms. The van der Waals surface area contributed by atoms with Crippen LogP contribution in [-0.2, 0) is 26.7 Å². The second-order valence-corrected chi connectivity index (χ2v) is 10.7. The minimum Gasteiger partial charge on any atom is -0.480 e. The third-order valence-electron chi connectivity index (χ3n) is 6.78. The van der Waals surface area contributed by atoms with Gasteiger partial charge in [-0.05, 0) is 66.5 Å². The number of rotatable bonds is 11. The van der Waals surface area contributed by atoms with Gasteiger partial charge in [0.15, 0.2) is 0 Å². The normalized spacial score (nSPS) is 15.7. The summed E-state index contributed by atoms with van der Waals surface area (Å²) in [6.45, 7) is 1.94. The van der Waals surface area contributed by atoms with Crippen molar-refractivity contribution in [1.82, 2.24) is 14.7 Å². The average molecular weight is 495 g/mol. The van der Waals surface area contributed by atoms with Crippen molar-refractivity contribution in [2.75, 3.05) is 11.9 Å². The summed E-state index contributed by atoms with van der Waals surface area (Å²) >= 11 is 0. The molecule has 0 aliphatic heterocycles. The molecule has 184 valence electrons. The number of nitrogens with one attached hydrogen (secondary N) is 2. The molecular formula is C26H30N4O4S. The summed E-state index contributed by atoms with van der Waals surface area (Å²) in [6.07, 6.45) is 7.98. The lowest BCUT2D eigenvalue weighted by molar-refractivity contribution is -0.134. The highest BCUT2D eigenvalue weighted by molar-refractivity contribution is 7.89. The maximum atomic E-state index is 13.1. The average Bonchev–Trinajstić information content (AvgIpc) is 2.84. The number of carbonyl (C=O) groups is 1. The third-order valence-corrected chi connectivity index (χ3v) is 8.24. The molecule has 3 N–H and O–H groups in total. The Bertz CT molecular complexity index is 1250. The van der Waals surface area contributed by atoms with Crippen molar-refractivity contribution in [1.29, 1.82) is 0 Å². The van der Waals surface area contributed by atoms with Gasteiger partial charge in [0, 0.05) is 12.4 Å². The molecule has 3 aromatic rings. The minimum absolute atomic E-state index is 0.0652. The van der Waals surface area contributed by atoms with E-state index in [2.05, 4.69) is 51.2 Å². The molecule has 0 radical (unpaired) electrons. The number of aliphatic carboxylic acids is 1. The molecule has 1 aromatic carbocycles. The first-order valence-electron chi connectivity index (χ1n) is 11.8. The van der Waals surface area contributed by atoms with Gasteiger partial charge >= 0.3 is 5.97 Å². The van der Waals surface area contributed by atoms with Crippen LogP contribution in [0, 0.1) is 0 Å². The largest absolute Gasteiger partial charge is 0.480 e. The number of benzene rings is 1. The number of carboxylic acids is 1. The Balaban J connectivity index is 1.61. The van der Waals surface area contributed by atoms with Gasteiger partial charge in [-0.15, -0.1) is 0 Å². The maximum absolute atomic E-state index is 13.1. The predicted molar refractivity (Wildman–Crippen MR) is 134 cm³/mol. The van der Waals surface area contributed by atoms with Gasteiger partial charge in [0.1, 0.15) is 17.3 Å². The van der Waals surface area contributed by atoms with E-state index in [0.29, 0.717) is 17.9 Å². The zero-order valence-electron chi connectivity index (χ0n) is 19.6. The fraction of sp³-hybridized carbons (Fsp3) is 0.346. The topological polar surface area (TPSA) is 121 Å². The lowest BCUT2D eigenvalue weighted by Crippen LogP contribution is -2.33. The van der Waals surface area contributed by atoms with Crippen molar-refractivity contribution in [3.8, 4) is 0 Å². The summed E-state index contributed by atoms with van der Waals surface area (Å²) in [5.74, 6) is -0.650. The van der Waals surface area contributed by atoms with Crippen molar-refractivity contribution in [2.45, 2.75) is 55.4 Å². The number of sulfonamides is 1. The fourth-order valence-electron chi connectivity index (χ4n) is 4.56. The van der Waals surface area contributed by atoms with Crippen LogP contribution in [0.3, 0.4) is 0 Å². The van der Waals surface area contributed by atoms with E-state index in [0.717, 1.165) is 12.0 Å². The standard InChI is InChI=1S/C26H30N4O4S/c1-2-26(13-5-14-26)20-11-9-19(10-12-20)16-23(30-35(33,34)21-6-4-15-27-17-21)22-7-3-8-24(29-22)28-18-25(31)32/h3-4,6-12,15,17,23,30H,2,5,13-14,16,18H2,1H3,(H,28,29)(H,31,32). The van der Waals surface area contributed by atoms with Crippen LogP contribution in [-0.4, -0.2) is 36.0 Å². The van der Waals surface area contributed by atoms with Gasteiger partial charge < -0.3 is 10.4 Å². The zero-order valence-corrected chi connectivity index (χ0v) is 20.5. The van der Waals surface area contributed by atoms with E-state index in [4.69, 9.17) is 5.11 Å². The Kier molecular flexibility index (Phi) is 7.47. The molecule has 0 amide bonds. The molecule has 4 rings (SSSR count). The van der Waals surface area contributed by atoms with Gasteiger partial charge in [0.2, 0.25) is 10.0 Å². The number of aromatic nitrogens is 2. The Morgan fingerprint density at radius 1 is 1.11 bits per heavy atom. The molecule has 2 heterocycles. The van der Waals surface area contributed by atoms with Crippen molar-refractivity contribution in [3.05, 3.63) is 83.8 Å². The Labute approximate surface area is 205 Å². The monoisotopic (exact) mass is 494 g/mol. The first-order chi connectivity index (χ1) is 16.8. The summed E-state index contributed by atoms with van der Waals surface area (Å²) in [6, 6.07) is 15.9. The van der Waals surface area contributed by atoms with E-state index < -0.39 is 22.0 Å². The quantitative estimate of drug-likeness (QED) is 0.367. The van der Waals surface area contributed by atoms with Crippen LogP contribution >= 0.6 is 0 Å². The van der Waals surface area contributed by atoms with Gasteiger partial charge in [-0.25, -0.2) is 18.1 Å². The van der Waals surface area contributed by atoms with Crippen LogP contribution in [0.1, 0.15) is 55.5 Å². The molecule has 9 heteroatoms. The molecule has 35 heavy (non-hydrogen) atoms. The van der Waals surface area contributed by atoms with E-state index in [9.17, 15) is 13.2 Å². The number of hydrogen-bond acceptors (Lipinski definition) is 6. The summed E-state index contributed by atoms with van der Waals surface area (Å²) in [7, 11) is -3.86. The van der Waals surface area contributed by atoms with Crippen LogP contribution in [0.4, 0.5) is 5.82 Å². The molecule has 0 saturated heterocycles. The number of pyridine rings is 2. The molecule has 8 nitrogen and oxygen atoms in total. The smallest absolute Gasteiger partial charge is 0.322 e. The molecule has 1 aliphatic rings. The van der Waals surface area contributed by atoms with Gasteiger partial charge in [-0.1, -0.05) is 43.7 Å². The van der Waals surface area contributed by atoms with Crippen LogP contribution < -0.4 is 10.0 Å². The highest BCUT2D eigenvalue weighted by atomic mass is 32.2. The van der Waals surface area contributed by atoms with Gasteiger partial charge in [0.25, 0.3) is 0 Å². The van der Waals surface area contributed by atoms with Crippen LogP contribution in [0.5, 0.6) is 0 Å². The second kappa shape index (κ2) is 10.5. The summed E-state index contributed by atoms with van der Waals surface area (Å²) in [5, 5.41) is 11.7. The molecular weight excluding hydrogens is 464 g/mol. The molecule has 1 unspecified atom stereocenters. The molecule has 1 fully saturated rings. The third kappa shape index (κ3) is 5.86. The summed E-state index contributed by atoms with van der Waals surface area (Å²) < 4.78 is 29.0. The van der Waals surface area contributed by atoms with Crippen LogP contribution in [0.2, 0.25) is 0 Å². The lowest BCUT2D eigenvalue weighted by Gasteiger charge is -2.42. The first kappa shape index (κ1) is 24.8. The molecule has 1 aliphatic carbocycles. The molecule has 1 atom stereocenters. The molecule has 0 spiro atoms. The predicted octanol–water partition coefficient (Wildman–Crippen LogP) is 4.07. The summed E-state index contributed by atoms with van der Waals surface area (Å²) in [5.41, 5.74) is 3.07. The van der Waals surface area contributed by atoms with Crippen molar-refractivity contribution in [2.24, 2.45) is 0 Å². The van der Waals surface area contributed by atoms with Crippen LogP contribution in [0.15, 0.2) is 71.9 Å². The molecule has 1 saturated carbocycles. The Morgan fingerprint density at radius 3 is 2.49 bits per heavy atom. The number of carboxylic acid groups (broad SMARTS) is 1. The molecule has 2 aromatic heterocycles. The highest BCUT2D eigenvalue weighted by Gasteiger charge is 2.36. The highest BCUT2D eigenvalue weighted by Crippen LogP contribution is 2.46. The van der Waals surface area contributed by atoms with E-state index in [1.54, 1.807) is 24.3 Å². The van der Waals surface area contributed by atoms with E-state index >= 15 is 0 Å². The van der Waals surface area contributed by atoms with Gasteiger partial charge in [0.05, 0.1) is 11.7 Å². The Hall–Kier alpha value is -3.30. The van der Waals surface area contributed by atoms with E-state index in [1.807, 2.05) is 0 Å². The van der Waals surface area contributed by atoms with Gasteiger partial charge in [-0.3, -0.25) is 9.78 Å². The number of nitrogens with zero attached hydrogens (tertiary/aromatic N) is 2. The number of anilines is 1. The van der Waals surface area contributed by atoms with Gasteiger partial charge in [-0.2, -0.15) is 0 Å². The van der Waals surface area contributed by atoms with Crippen molar-refractivity contribution >= 4 is 21.8 Å². The SMILES string of the molecule is CCC1(c2ccc(CC(NS(=O)(=O)c3cccnc3)c3cccc(NCC(=O)O)n3)cc2)CCC1.